The Labute approximate surface area is 125 Å². The molecule has 2 nitrogen and oxygen atoms in total. The smallest absolute Gasteiger partial charge is 0.142 e. The fourth-order valence-electron chi connectivity index (χ4n) is 1.94. The maximum atomic E-state index is 14.0. The Hall–Kier alpha value is -1.04. The highest BCUT2D eigenvalue weighted by Crippen LogP contribution is 2.26. The van der Waals surface area contributed by atoms with E-state index >= 15 is 0 Å². The molecule has 0 saturated heterocycles. The molecule has 2 rings (SSSR count). The third-order valence-electron chi connectivity index (χ3n) is 2.92. The van der Waals surface area contributed by atoms with Gasteiger partial charge in [-0.1, -0.05) is 18.5 Å². The van der Waals surface area contributed by atoms with Crippen molar-refractivity contribution in [2.75, 3.05) is 6.54 Å². The highest BCUT2D eigenvalue weighted by Gasteiger charge is 2.19. The third-order valence-corrected chi connectivity index (χ3v) is 4.01. The Morgan fingerprint density at radius 1 is 1.35 bits per heavy atom. The summed E-state index contributed by atoms with van der Waals surface area (Å²) in [6.45, 7) is 2.74. The summed E-state index contributed by atoms with van der Waals surface area (Å²) in [6.07, 6.45) is 3.14. The molecule has 0 aliphatic heterocycles. The van der Waals surface area contributed by atoms with E-state index in [2.05, 4.69) is 10.3 Å². The molecule has 1 atom stereocenters. The van der Waals surface area contributed by atoms with Crippen molar-refractivity contribution in [1.29, 1.82) is 0 Å². The van der Waals surface area contributed by atoms with Gasteiger partial charge in [-0.2, -0.15) is 0 Å². The molecule has 6 heteroatoms. The van der Waals surface area contributed by atoms with E-state index in [0.29, 0.717) is 6.42 Å². The Kier molecular flexibility index (Phi) is 5.46. The molecule has 20 heavy (non-hydrogen) atoms. The van der Waals surface area contributed by atoms with Crippen molar-refractivity contribution in [1.82, 2.24) is 10.3 Å². The van der Waals surface area contributed by atoms with E-state index in [9.17, 15) is 8.78 Å². The van der Waals surface area contributed by atoms with Gasteiger partial charge in [0.05, 0.1) is 10.0 Å². The van der Waals surface area contributed by atoms with Crippen molar-refractivity contribution < 1.29 is 8.78 Å². The van der Waals surface area contributed by atoms with Gasteiger partial charge >= 0.3 is 0 Å². The van der Waals surface area contributed by atoms with Crippen LogP contribution in [-0.2, 0) is 6.42 Å². The minimum absolute atomic E-state index is 0.199. The standard InChI is InChI=1S/C14H15ClF2N2S/c1-2-3-18-13(8-14-19-4-5-20-14)9-6-12(17)10(15)7-11(9)16/h4-7,13,18H,2-3,8H2,1H3. The van der Waals surface area contributed by atoms with Crippen molar-refractivity contribution in [2.45, 2.75) is 25.8 Å². The Morgan fingerprint density at radius 3 is 2.80 bits per heavy atom. The van der Waals surface area contributed by atoms with Gasteiger partial charge in [0.25, 0.3) is 0 Å². The monoisotopic (exact) mass is 316 g/mol. The maximum Gasteiger partial charge on any atom is 0.142 e. The van der Waals surface area contributed by atoms with Gasteiger partial charge in [0.1, 0.15) is 11.6 Å². The van der Waals surface area contributed by atoms with E-state index in [1.807, 2.05) is 12.3 Å². The molecule has 1 heterocycles. The lowest BCUT2D eigenvalue weighted by atomic mass is 10.0. The van der Waals surface area contributed by atoms with Crippen LogP contribution >= 0.6 is 22.9 Å². The Morgan fingerprint density at radius 2 is 2.15 bits per heavy atom. The molecular weight excluding hydrogens is 302 g/mol. The van der Waals surface area contributed by atoms with Gasteiger partial charge in [-0.15, -0.1) is 11.3 Å². The summed E-state index contributed by atoms with van der Waals surface area (Å²) in [5.41, 5.74) is 0.288. The van der Waals surface area contributed by atoms with Crippen molar-refractivity contribution >= 4 is 22.9 Å². The van der Waals surface area contributed by atoms with Gasteiger partial charge < -0.3 is 5.32 Å². The van der Waals surface area contributed by atoms with Crippen LogP contribution in [0.15, 0.2) is 23.7 Å². The van der Waals surface area contributed by atoms with Crippen LogP contribution in [0.4, 0.5) is 8.78 Å². The average molecular weight is 317 g/mol. The first-order valence-corrected chi connectivity index (χ1v) is 7.63. The highest BCUT2D eigenvalue weighted by atomic mass is 35.5. The van der Waals surface area contributed by atoms with Gasteiger partial charge in [-0.3, -0.25) is 0 Å². The van der Waals surface area contributed by atoms with Crippen LogP contribution in [-0.4, -0.2) is 11.5 Å². The fraction of sp³-hybridized carbons (Fsp3) is 0.357. The first kappa shape index (κ1) is 15.4. The van der Waals surface area contributed by atoms with Crippen molar-refractivity contribution in [3.8, 4) is 0 Å². The minimum atomic E-state index is -0.606. The zero-order valence-corrected chi connectivity index (χ0v) is 12.6. The van der Waals surface area contributed by atoms with E-state index in [-0.39, 0.29) is 16.6 Å². The van der Waals surface area contributed by atoms with Crippen LogP contribution in [0.3, 0.4) is 0 Å². The molecule has 0 amide bonds. The maximum absolute atomic E-state index is 14.0. The summed E-state index contributed by atoms with van der Waals surface area (Å²) in [5, 5.41) is 5.78. The van der Waals surface area contributed by atoms with E-state index < -0.39 is 11.6 Å². The molecule has 108 valence electrons. The molecule has 0 radical (unpaired) electrons. The molecule has 0 spiro atoms. The number of hydrogen-bond acceptors (Lipinski definition) is 3. The second-order valence-electron chi connectivity index (χ2n) is 4.42. The highest BCUT2D eigenvalue weighted by molar-refractivity contribution is 7.09. The zero-order valence-electron chi connectivity index (χ0n) is 11.0. The first-order valence-electron chi connectivity index (χ1n) is 6.38. The van der Waals surface area contributed by atoms with E-state index in [1.165, 1.54) is 17.4 Å². The molecule has 0 aliphatic carbocycles. The lowest BCUT2D eigenvalue weighted by molar-refractivity contribution is 0.490. The summed E-state index contributed by atoms with van der Waals surface area (Å²) in [7, 11) is 0. The number of thiazole rings is 1. The predicted molar refractivity (Wildman–Crippen MR) is 78.2 cm³/mol. The van der Waals surface area contributed by atoms with Crippen LogP contribution in [0.25, 0.3) is 0 Å². The third kappa shape index (κ3) is 3.75. The summed E-state index contributed by atoms with van der Waals surface area (Å²) in [6, 6.07) is 1.88. The number of nitrogens with one attached hydrogen (secondary N) is 1. The predicted octanol–water partition coefficient (Wildman–Crippen LogP) is 4.36. The molecule has 2 aromatic rings. The van der Waals surface area contributed by atoms with E-state index in [4.69, 9.17) is 11.6 Å². The molecule has 0 fully saturated rings. The molecule has 1 unspecified atom stereocenters. The van der Waals surface area contributed by atoms with Gasteiger partial charge in [0.15, 0.2) is 0 Å². The van der Waals surface area contributed by atoms with Gasteiger partial charge in [0.2, 0.25) is 0 Å². The number of rotatable bonds is 6. The van der Waals surface area contributed by atoms with Crippen LogP contribution in [0, 0.1) is 11.6 Å². The first-order chi connectivity index (χ1) is 9.61. The lowest BCUT2D eigenvalue weighted by Gasteiger charge is -2.19. The van der Waals surface area contributed by atoms with E-state index in [0.717, 1.165) is 24.0 Å². The number of aromatic nitrogens is 1. The molecule has 1 N–H and O–H groups in total. The molecule has 0 bridgehead atoms. The zero-order chi connectivity index (χ0) is 14.5. The molecule has 0 saturated carbocycles. The summed E-state index contributed by atoms with van der Waals surface area (Å²) in [4.78, 5) is 4.20. The Balaban J connectivity index is 2.27. The van der Waals surface area contributed by atoms with E-state index in [1.54, 1.807) is 6.20 Å². The number of nitrogens with zero attached hydrogens (tertiary/aromatic N) is 1. The summed E-state index contributed by atoms with van der Waals surface area (Å²) >= 11 is 7.09. The van der Waals surface area contributed by atoms with Gasteiger partial charge in [-0.05, 0) is 25.1 Å². The fourth-order valence-corrected chi connectivity index (χ4v) is 2.76. The molecular formula is C14H15ClF2N2S. The van der Waals surface area contributed by atoms with Crippen LogP contribution in [0.1, 0.15) is 30.0 Å². The SMILES string of the molecule is CCCNC(Cc1nccs1)c1cc(F)c(Cl)cc1F. The lowest BCUT2D eigenvalue weighted by Crippen LogP contribution is -2.25. The number of benzene rings is 1. The largest absolute Gasteiger partial charge is 0.309 e. The van der Waals surface area contributed by atoms with Crippen molar-refractivity contribution in [3.63, 3.8) is 0 Å². The van der Waals surface area contributed by atoms with Crippen LogP contribution < -0.4 is 5.32 Å². The molecule has 1 aromatic heterocycles. The second kappa shape index (κ2) is 7.11. The summed E-state index contributed by atoms with van der Waals surface area (Å²) in [5.74, 6) is -1.10. The van der Waals surface area contributed by atoms with Gasteiger partial charge in [0, 0.05) is 29.6 Å². The van der Waals surface area contributed by atoms with Crippen LogP contribution in [0.5, 0.6) is 0 Å². The molecule has 0 aliphatic rings. The topological polar surface area (TPSA) is 24.9 Å². The molecule has 1 aromatic carbocycles. The van der Waals surface area contributed by atoms with Gasteiger partial charge in [-0.25, -0.2) is 13.8 Å². The van der Waals surface area contributed by atoms with Crippen LogP contribution in [0.2, 0.25) is 5.02 Å². The number of hydrogen-bond donors (Lipinski definition) is 1. The number of halogens is 3. The second-order valence-corrected chi connectivity index (χ2v) is 5.81. The quantitative estimate of drug-likeness (QED) is 0.801. The van der Waals surface area contributed by atoms with Crippen molar-refractivity contribution in [2.24, 2.45) is 0 Å². The minimum Gasteiger partial charge on any atom is -0.309 e. The summed E-state index contributed by atoms with van der Waals surface area (Å²) < 4.78 is 27.6. The Bertz CT molecular complexity index is 561. The van der Waals surface area contributed by atoms with Crippen molar-refractivity contribution in [3.05, 3.63) is 50.9 Å². The average Bonchev–Trinajstić information content (AvgIpc) is 2.92. The normalized spacial score (nSPS) is 12.6.